The second kappa shape index (κ2) is 6.24. The van der Waals surface area contributed by atoms with E-state index >= 15 is 0 Å². The smallest absolute Gasteiger partial charge is 0.243 e. The number of fused-ring (bicyclic) bond motifs is 1. The summed E-state index contributed by atoms with van der Waals surface area (Å²) < 4.78 is 1.75. The summed E-state index contributed by atoms with van der Waals surface area (Å²) in [4.78, 5) is 19.5. The Bertz CT molecular complexity index is 856. The second-order valence-electron chi connectivity index (χ2n) is 6.17. The van der Waals surface area contributed by atoms with E-state index in [0.717, 1.165) is 32.6 Å². The molecular weight excluding hydrogens is 322 g/mol. The molecule has 0 radical (unpaired) electrons. The highest BCUT2D eigenvalue weighted by atomic mass is 32.1. The number of nitrogens with one attached hydrogen (secondary N) is 1. The fourth-order valence-electron chi connectivity index (χ4n) is 2.79. The fourth-order valence-corrected chi connectivity index (χ4v) is 3.68. The third-order valence-electron chi connectivity index (χ3n) is 3.80. The molecule has 0 saturated carbocycles. The van der Waals surface area contributed by atoms with Gasteiger partial charge in [-0.1, -0.05) is 29.0 Å². The predicted molar refractivity (Wildman–Crippen MR) is 98.2 cm³/mol. The Balaban J connectivity index is 1.71. The van der Waals surface area contributed by atoms with Crippen molar-refractivity contribution in [2.75, 3.05) is 23.8 Å². The van der Waals surface area contributed by atoms with Crippen molar-refractivity contribution < 1.29 is 4.79 Å². The number of aryl methyl sites for hydroxylation is 4. The highest BCUT2D eigenvalue weighted by Crippen LogP contribution is 2.24. The molecule has 0 bridgehead atoms. The molecule has 1 N–H and O–H groups in total. The number of imidazole rings is 1. The summed E-state index contributed by atoms with van der Waals surface area (Å²) in [6.07, 6.45) is 1.88. The lowest BCUT2D eigenvalue weighted by molar-refractivity contribution is -0.114. The van der Waals surface area contributed by atoms with Crippen LogP contribution in [-0.4, -0.2) is 34.1 Å². The highest BCUT2D eigenvalue weighted by molar-refractivity contribution is 7.20. The van der Waals surface area contributed by atoms with E-state index in [4.69, 9.17) is 0 Å². The molecule has 126 valence electrons. The molecule has 2 aromatic heterocycles. The number of benzene rings is 1. The van der Waals surface area contributed by atoms with Gasteiger partial charge in [0.15, 0.2) is 0 Å². The number of carbonyl (C=O) groups is 1. The van der Waals surface area contributed by atoms with Crippen molar-refractivity contribution in [2.45, 2.75) is 27.7 Å². The first-order valence-electron chi connectivity index (χ1n) is 7.75. The van der Waals surface area contributed by atoms with Gasteiger partial charge in [0.05, 0.1) is 18.4 Å². The third-order valence-corrected chi connectivity index (χ3v) is 4.84. The molecule has 1 amide bonds. The molecule has 7 heteroatoms. The van der Waals surface area contributed by atoms with Gasteiger partial charge in [-0.2, -0.15) is 0 Å². The Morgan fingerprint density at radius 3 is 2.54 bits per heavy atom. The summed E-state index contributed by atoms with van der Waals surface area (Å²) >= 11 is 1.47. The molecule has 2 heterocycles. The molecule has 0 fully saturated rings. The van der Waals surface area contributed by atoms with Crippen LogP contribution >= 0.6 is 11.3 Å². The number of hydrogen-bond donors (Lipinski definition) is 1. The van der Waals surface area contributed by atoms with E-state index in [9.17, 15) is 4.79 Å². The molecule has 24 heavy (non-hydrogen) atoms. The van der Waals surface area contributed by atoms with Gasteiger partial charge in [-0.15, -0.1) is 5.10 Å². The van der Waals surface area contributed by atoms with Gasteiger partial charge < -0.3 is 10.2 Å². The van der Waals surface area contributed by atoms with E-state index in [1.54, 1.807) is 4.52 Å². The van der Waals surface area contributed by atoms with Crippen molar-refractivity contribution in [3.63, 3.8) is 0 Å². The van der Waals surface area contributed by atoms with Crippen LogP contribution in [0.4, 0.5) is 10.8 Å². The molecule has 3 aromatic rings. The van der Waals surface area contributed by atoms with Gasteiger partial charge in [-0.25, -0.2) is 9.50 Å². The maximum Gasteiger partial charge on any atom is 0.243 e. The summed E-state index contributed by atoms with van der Waals surface area (Å²) in [5.74, 6) is -0.0587. The molecule has 0 aliphatic carbocycles. The third kappa shape index (κ3) is 3.26. The van der Waals surface area contributed by atoms with E-state index < -0.39 is 0 Å². The van der Waals surface area contributed by atoms with Gasteiger partial charge >= 0.3 is 0 Å². The predicted octanol–water partition coefficient (Wildman–Crippen LogP) is 3.10. The minimum absolute atomic E-state index is 0.0587. The minimum atomic E-state index is -0.0587. The van der Waals surface area contributed by atoms with Crippen molar-refractivity contribution in [3.05, 3.63) is 40.7 Å². The molecule has 0 saturated heterocycles. The number of carbonyl (C=O) groups excluding carboxylic acids is 1. The molecule has 0 atom stereocenters. The second-order valence-corrected chi connectivity index (χ2v) is 7.11. The van der Waals surface area contributed by atoms with Gasteiger partial charge in [-0.05, 0) is 38.8 Å². The normalized spacial score (nSPS) is 11.0. The first-order valence-corrected chi connectivity index (χ1v) is 8.57. The van der Waals surface area contributed by atoms with Crippen molar-refractivity contribution in [1.29, 1.82) is 0 Å². The monoisotopic (exact) mass is 343 g/mol. The van der Waals surface area contributed by atoms with Crippen LogP contribution in [0.25, 0.3) is 4.96 Å². The standard InChI is InChI=1S/C17H21N5OS/c1-10-6-11(2)15(12(3)7-10)19-14(23)9-21(5)17-20-22-8-13(4)18-16(22)24-17/h6-8H,9H2,1-5H3,(H,19,23). The van der Waals surface area contributed by atoms with Gasteiger partial charge in [0.25, 0.3) is 0 Å². The zero-order chi connectivity index (χ0) is 17.4. The lowest BCUT2D eigenvalue weighted by Crippen LogP contribution is -2.30. The largest absolute Gasteiger partial charge is 0.340 e. The number of nitrogens with zero attached hydrogens (tertiary/aromatic N) is 4. The van der Waals surface area contributed by atoms with Crippen molar-refractivity contribution in [1.82, 2.24) is 14.6 Å². The number of anilines is 2. The molecular formula is C17H21N5OS. The molecule has 1 aromatic carbocycles. The summed E-state index contributed by atoms with van der Waals surface area (Å²) in [6.45, 7) is 8.25. The molecule has 0 aliphatic heterocycles. The van der Waals surface area contributed by atoms with Crippen LogP contribution in [-0.2, 0) is 4.79 Å². The Morgan fingerprint density at radius 1 is 1.25 bits per heavy atom. The van der Waals surface area contributed by atoms with E-state index in [1.165, 1.54) is 16.9 Å². The number of aromatic nitrogens is 3. The van der Waals surface area contributed by atoms with E-state index in [-0.39, 0.29) is 12.5 Å². The van der Waals surface area contributed by atoms with Crippen LogP contribution in [0.5, 0.6) is 0 Å². The molecule has 6 nitrogen and oxygen atoms in total. The number of hydrogen-bond acceptors (Lipinski definition) is 5. The van der Waals surface area contributed by atoms with Crippen molar-refractivity contribution >= 4 is 33.0 Å². The van der Waals surface area contributed by atoms with Crippen LogP contribution in [0.1, 0.15) is 22.4 Å². The summed E-state index contributed by atoms with van der Waals surface area (Å²) in [5, 5.41) is 8.24. The molecule has 0 spiro atoms. The van der Waals surface area contributed by atoms with Crippen LogP contribution in [0.15, 0.2) is 18.3 Å². The van der Waals surface area contributed by atoms with Gasteiger partial charge in [0, 0.05) is 12.7 Å². The van der Waals surface area contributed by atoms with E-state index in [1.807, 2.05) is 38.9 Å². The van der Waals surface area contributed by atoms with Crippen LogP contribution in [0.3, 0.4) is 0 Å². The highest BCUT2D eigenvalue weighted by Gasteiger charge is 2.15. The summed E-state index contributed by atoms with van der Waals surface area (Å²) in [7, 11) is 1.86. The van der Waals surface area contributed by atoms with Crippen molar-refractivity contribution in [3.8, 4) is 0 Å². The quantitative estimate of drug-likeness (QED) is 0.791. The molecule has 3 rings (SSSR count). The molecule has 0 aliphatic rings. The number of amides is 1. The van der Waals surface area contributed by atoms with Crippen LogP contribution in [0.2, 0.25) is 0 Å². The zero-order valence-corrected chi connectivity index (χ0v) is 15.4. The lowest BCUT2D eigenvalue weighted by Gasteiger charge is -2.17. The number of likely N-dealkylation sites (N-methyl/N-ethyl adjacent to an activating group) is 1. The maximum atomic E-state index is 12.4. The average molecular weight is 343 g/mol. The van der Waals surface area contributed by atoms with Gasteiger partial charge in [0.1, 0.15) is 0 Å². The Hall–Kier alpha value is -2.41. The Morgan fingerprint density at radius 2 is 1.92 bits per heavy atom. The first-order chi connectivity index (χ1) is 11.3. The average Bonchev–Trinajstić information content (AvgIpc) is 3.00. The lowest BCUT2D eigenvalue weighted by atomic mass is 10.1. The van der Waals surface area contributed by atoms with Crippen LogP contribution < -0.4 is 10.2 Å². The van der Waals surface area contributed by atoms with Gasteiger partial charge in [-0.3, -0.25) is 4.79 Å². The topological polar surface area (TPSA) is 62.5 Å². The summed E-state index contributed by atoms with van der Waals surface area (Å²) in [5.41, 5.74) is 5.18. The first kappa shape index (κ1) is 16.4. The van der Waals surface area contributed by atoms with E-state index in [0.29, 0.717) is 0 Å². The van der Waals surface area contributed by atoms with Crippen LogP contribution in [0, 0.1) is 27.7 Å². The maximum absolute atomic E-state index is 12.4. The zero-order valence-electron chi connectivity index (χ0n) is 14.5. The number of rotatable bonds is 4. The van der Waals surface area contributed by atoms with Gasteiger partial charge in [0.2, 0.25) is 16.0 Å². The minimum Gasteiger partial charge on any atom is -0.340 e. The fraction of sp³-hybridized carbons (Fsp3) is 0.353. The summed E-state index contributed by atoms with van der Waals surface area (Å²) in [6, 6.07) is 4.15. The van der Waals surface area contributed by atoms with Crippen molar-refractivity contribution in [2.24, 2.45) is 0 Å². The SMILES string of the molecule is Cc1cc(C)c(NC(=O)CN(C)c2nn3cc(C)nc3s2)c(C)c1. The Kier molecular flexibility index (Phi) is 4.28. The Labute approximate surface area is 145 Å². The van der Waals surface area contributed by atoms with E-state index in [2.05, 4.69) is 34.5 Å². The molecule has 0 unspecified atom stereocenters.